The van der Waals surface area contributed by atoms with Gasteiger partial charge in [0.1, 0.15) is 0 Å². The molecule has 7 heteroatoms. The van der Waals surface area contributed by atoms with E-state index in [0.717, 1.165) is 27.8 Å². The first-order chi connectivity index (χ1) is 14.2. The maximum Gasteiger partial charge on any atom is 0.412 e. The zero-order chi connectivity index (χ0) is 21.9. The maximum absolute atomic E-state index is 13.7. The van der Waals surface area contributed by atoms with E-state index >= 15 is 0 Å². The second-order valence-corrected chi connectivity index (χ2v) is 7.88. The molecule has 0 fully saturated rings. The van der Waals surface area contributed by atoms with Crippen LogP contribution in [-0.4, -0.2) is 23.3 Å². The fourth-order valence-corrected chi connectivity index (χ4v) is 3.47. The van der Waals surface area contributed by atoms with Crippen molar-refractivity contribution in [2.75, 3.05) is 6.26 Å². The van der Waals surface area contributed by atoms with E-state index in [1.807, 2.05) is 43.5 Å². The molecule has 0 bridgehead atoms. The number of pyridine rings is 1. The number of nitrogens with zero attached hydrogens (tertiary/aromatic N) is 1. The predicted octanol–water partition coefficient (Wildman–Crippen LogP) is 6.12. The molecule has 1 heterocycles. The summed E-state index contributed by atoms with van der Waals surface area (Å²) in [4.78, 5) is 17.5. The lowest BCUT2D eigenvalue weighted by molar-refractivity contribution is -0.155. The van der Waals surface area contributed by atoms with Gasteiger partial charge in [0.05, 0.1) is 0 Å². The first-order valence-corrected chi connectivity index (χ1v) is 10.5. The molecule has 0 aliphatic carbocycles. The van der Waals surface area contributed by atoms with Gasteiger partial charge in [-0.2, -0.15) is 13.2 Å². The number of aromatic nitrogens is 1. The fraction of sp³-hybridized carbons (Fsp3) is 0.217. The number of hydrogen-bond acceptors (Lipinski definition) is 3. The summed E-state index contributed by atoms with van der Waals surface area (Å²) in [6.07, 6.45) is -1.65. The summed E-state index contributed by atoms with van der Waals surface area (Å²) in [5.74, 6) is -0.790. The Morgan fingerprint density at radius 2 is 1.70 bits per heavy atom. The fourth-order valence-electron chi connectivity index (χ4n) is 2.98. The molecule has 0 saturated carbocycles. The molecule has 3 nitrogen and oxygen atoms in total. The van der Waals surface area contributed by atoms with E-state index in [4.69, 9.17) is 0 Å². The molecule has 30 heavy (non-hydrogen) atoms. The standard InChI is InChI=1S/C23H21F3N2OS/c1-14-4-7-16(8-5-14)18-10-19(12-20(11-18)30-3)22(29)28-21(23(24,25)26)17-9-6-15(2)27-13-17/h4-13,21H,1-3H3,(H,28,29). The van der Waals surface area contributed by atoms with Crippen LogP contribution in [0.1, 0.15) is 33.2 Å². The highest BCUT2D eigenvalue weighted by Gasteiger charge is 2.42. The molecule has 0 saturated heterocycles. The number of halogens is 3. The monoisotopic (exact) mass is 430 g/mol. The minimum atomic E-state index is -4.65. The van der Waals surface area contributed by atoms with Gasteiger partial charge in [-0.3, -0.25) is 9.78 Å². The van der Waals surface area contributed by atoms with Crippen LogP contribution in [0.15, 0.2) is 65.7 Å². The molecule has 1 amide bonds. The Morgan fingerprint density at radius 1 is 1.00 bits per heavy atom. The number of carbonyl (C=O) groups excluding carboxylic acids is 1. The van der Waals surface area contributed by atoms with Crippen molar-refractivity contribution >= 4 is 17.7 Å². The highest BCUT2D eigenvalue weighted by Crippen LogP contribution is 2.33. The van der Waals surface area contributed by atoms with Crippen molar-refractivity contribution < 1.29 is 18.0 Å². The van der Waals surface area contributed by atoms with Crippen LogP contribution in [0.2, 0.25) is 0 Å². The molecule has 3 rings (SSSR count). The van der Waals surface area contributed by atoms with Crippen molar-refractivity contribution in [3.05, 3.63) is 83.2 Å². The van der Waals surface area contributed by atoms with E-state index in [1.54, 1.807) is 19.1 Å². The summed E-state index contributed by atoms with van der Waals surface area (Å²) >= 11 is 1.42. The Labute approximate surface area is 177 Å². The van der Waals surface area contributed by atoms with Crippen LogP contribution in [0.25, 0.3) is 11.1 Å². The number of aryl methyl sites for hydroxylation is 2. The van der Waals surface area contributed by atoms with Crippen LogP contribution in [0, 0.1) is 13.8 Å². The van der Waals surface area contributed by atoms with Crippen LogP contribution >= 0.6 is 11.8 Å². The number of thioether (sulfide) groups is 1. The van der Waals surface area contributed by atoms with E-state index in [1.165, 1.54) is 23.9 Å². The molecule has 3 aromatic rings. The van der Waals surface area contributed by atoms with Gasteiger partial charge < -0.3 is 5.32 Å². The smallest absolute Gasteiger partial charge is 0.337 e. The van der Waals surface area contributed by atoms with Crippen LogP contribution in [0.4, 0.5) is 13.2 Å². The molecule has 0 aliphatic rings. The lowest BCUT2D eigenvalue weighted by Crippen LogP contribution is -2.38. The summed E-state index contributed by atoms with van der Waals surface area (Å²) in [6, 6.07) is 13.5. The molecule has 1 unspecified atom stereocenters. The van der Waals surface area contributed by atoms with Crippen molar-refractivity contribution in [2.45, 2.75) is 31.0 Å². The quantitative estimate of drug-likeness (QED) is 0.496. The normalized spacial score (nSPS) is 12.5. The molecule has 1 N–H and O–H groups in total. The Balaban J connectivity index is 1.95. The second-order valence-electron chi connectivity index (χ2n) is 7.00. The van der Waals surface area contributed by atoms with Gasteiger partial charge in [-0.1, -0.05) is 35.9 Å². The van der Waals surface area contributed by atoms with Gasteiger partial charge in [-0.25, -0.2) is 0 Å². The molecular weight excluding hydrogens is 409 g/mol. The number of nitrogens with one attached hydrogen (secondary N) is 1. The summed E-state index contributed by atoms with van der Waals surface area (Å²) < 4.78 is 41.0. The van der Waals surface area contributed by atoms with E-state index in [2.05, 4.69) is 10.3 Å². The van der Waals surface area contributed by atoms with E-state index in [-0.39, 0.29) is 11.1 Å². The average molecular weight is 430 g/mol. The lowest BCUT2D eigenvalue weighted by atomic mass is 10.0. The minimum absolute atomic E-state index is 0.110. The Morgan fingerprint density at radius 3 is 2.27 bits per heavy atom. The van der Waals surface area contributed by atoms with Crippen LogP contribution in [0.5, 0.6) is 0 Å². The van der Waals surface area contributed by atoms with Gasteiger partial charge in [-0.05, 0) is 55.5 Å². The summed E-state index contributed by atoms with van der Waals surface area (Å²) in [5, 5.41) is 2.13. The molecule has 156 valence electrons. The van der Waals surface area contributed by atoms with Crippen LogP contribution in [-0.2, 0) is 0 Å². The van der Waals surface area contributed by atoms with Gasteiger partial charge >= 0.3 is 6.18 Å². The van der Waals surface area contributed by atoms with Crippen molar-refractivity contribution in [2.24, 2.45) is 0 Å². The van der Waals surface area contributed by atoms with Crippen LogP contribution in [0.3, 0.4) is 0 Å². The second kappa shape index (κ2) is 8.92. The third-order valence-corrected chi connectivity index (χ3v) is 5.37. The highest BCUT2D eigenvalue weighted by molar-refractivity contribution is 7.98. The third-order valence-electron chi connectivity index (χ3n) is 4.66. The molecule has 1 aromatic heterocycles. The first-order valence-electron chi connectivity index (χ1n) is 9.23. The summed E-state index contributed by atoms with van der Waals surface area (Å²) in [6.45, 7) is 3.66. The van der Waals surface area contributed by atoms with Crippen molar-refractivity contribution in [1.29, 1.82) is 0 Å². The van der Waals surface area contributed by atoms with Crippen molar-refractivity contribution in [3.8, 4) is 11.1 Å². The molecular formula is C23H21F3N2OS. The first kappa shape index (κ1) is 21.9. The maximum atomic E-state index is 13.7. The van der Waals surface area contributed by atoms with Crippen LogP contribution < -0.4 is 5.32 Å². The van der Waals surface area contributed by atoms with Gasteiger partial charge in [0.25, 0.3) is 5.91 Å². The number of benzene rings is 2. The lowest BCUT2D eigenvalue weighted by Gasteiger charge is -2.22. The van der Waals surface area contributed by atoms with Gasteiger partial charge in [0, 0.05) is 27.9 Å². The Hall–Kier alpha value is -2.80. The molecule has 2 aromatic carbocycles. The summed E-state index contributed by atoms with van der Waals surface area (Å²) in [5.41, 5.74) is 3.42. The number of amides is 1. The Bertz CT molecular complexity index is 1030. The highest BCUT2D eigenvalue weighted by atomic mass is 32.2. The molecule has 0 aliphatic heterocycles. The summed E-state index contributed by atoms with van der Waals surface area (Å²) in [7, 11) is 0. The Kier molecular flexibility index (Phi) is 6.51. The molecule has 0 spiro atoms. The minimum Gasteiger partial charge on any atom is -0.337 e. The SMILES string of the molecule is CSc1cc(C(=O)NC(c2ccc(C)nc2)C(F)(F)F)cc(-c2ccc(C)cc2)c1. The largest absolute Gasteiger partial charge is 0.412 e. The molecule has 1 atom stereocenters. The number of rotatable bonds is 5. The van der Waals surface area contributed by atoms with E-state index in [9.17, 15) is 18.0 Å². The number of carbonyl (C=O) groups is 1. The van der Waals surface area contributed by atoms with E-state index in [0.29, 0.717) is 5.69 Å². The zero-order valence-corrected chi connectivity index (χ0v) is 17.6. The molecule has 0 radical (unpaired) electrons. The van der Waals surface area contributed by atoms with Gasteiger partial charge in [-0.15, -0.1) is 11.8 Å². The van der Waals surface area contributed by atoms with E-state index < -0.39 is 18.1 Å². The zero-order valence-electron chi connectivity index (χ0n) is 16.7. The van der Waals surface area contributed by atoms with Gasteiger partial charge in [0.15, 0.2) is 6.04 Å². The number of alkyl halides is 3. The number of hydrogen-bond donors (Lipinski definition) is 1. The van der Waals surface area contributed by atoms with Crippen molar-refractivity contribution in [1.82, 2.24) is 10.3 Å². The topological polar surface area (TPSA) is 42.0 Å². The third kappa shape index (κ3) is 5.21. The average Bonchev–Trinajstić information content (AvgIpc) is 2.72. The van der Waals surface area contributed by atoms with Gasteiger partial charge in [0.2, 0.25) is 0 Å². The predicted molar refractivity (Wildman–Crippen MR) is 114 cm³/mol. The van der Waals surface area contributed by atoms with Crippen molar-refractivity contribution in [3.63, 3.8) is 0 Å².